The maximum absolute atomic E-state index is 2.38. The van der Waals surface area contributed by atoms with Crippen LogP contribution in [0.1, 0.15) is 37.1 Å². The van der Waals surface area contributed by atoms with E-state index in [1.54, 1.807) is 0 Å². The number of hydrogen-bond donors (Lipinski definition) is 0. The molecule has 108 valence electrons. The van der Waals surface area contributed by atoms with Crippen LogP contribution in [-0.4, -0.2) is 16.5 Å². The van der Waals surface area contributed by atoms with Gasteiger partial charge in [0.25, 0.3) is 0 Å². The van der Waals surface area contributed by atoms with Crippen molar-refractivity contribution in [2.24, 2.45) is 0 Å². The maximum atomic E-state index is 2.38. The van der Waals surface area contributed by atoms with Gasteiger partial charge >= 0.3 is 0 Å². The molecular weight excluding hydrogens is 256 g/mol. The highest BCUT2D eigenvalue weighted by Crippen LogP contribution is 2.28. The number of nitrogens with zero attached hydrogens (tertiary/aromatic N) is 2. The van der Waals surface area contributed by atoms with Crippen molar-refractivity contribution >= 4 is 0 Å². The van der Waals surface area contributed by atoms with Crippen molar-refractivity contribution in [2.75, 3.05) is 6.67 Å². The zero-order valence-corrected chi connectivity index (χ0v) is 12.7. The highest BCUT2D eigenvalue weighted by Gasteiger charge is 2.22. The Hall–Kier alpha value is -2.22. The third-order valence-electron chi connectivity index (χ3n) is 4.34. The van der Waals surface area contributed by atoms with E-state index in [0.29, 0.717) is 12.1 Å². The lowest BCUT2D eigenvalue weighted by Crippen LogP contribution is -2.29. The lowest BCUT2D eigenvalue weighted by Gasteiger charge is -2.30. The zero-order chi connectivity index (χ0) is 14.7. The van der Waals surface area contributed by atoms with Crippen LogP contribution in [0.4, 0.5) is 0 Å². The van der Waals surface area contributed by atoms with Crippen LogP contribution in [0.15, 0.2) is 73.1 Å². The fourth-order valence-electron chi connectivity index (χ4n) is 2.80. The Morgan fingerprint density at radius 1 is 0.667 bits per heavy atom. The first kappa shape index (κ1) is 13.7. The van der Waals surface area contributed by atoms with Crippen LogP contribution in [0.2, 0.25) is 0 Å². The zero-order valence-electron chi connectivity index (χ0n) is 12.7. The minimum absolute atomic E-state index is 0.399. The van der Waals surface area contributed by atoms with E-state index >= 15 is 0 Å². The van der Waals surface area contributed by atoms with Crippen molar-refractivity contribution in [1.82, 2.24) is 9.80 Å². The smallest absolute Gasteiger partial charge is 0.0905 e. The van der Waals surface area contributed by atoms with Crippen LogP contribution in [0.5, 0.6) is 0 Å². The molecule has 2 nitrogen and oxygen atoms in total. The largest absolute Gasteiger partial charge is 0.352 e. The van der Waals surface area contributed by atoms with E-state index in [1.165, 1.54) is 11.1 Å². The summed E-state index contributed by atoms with van der Waals surface area (Å²) in [4.78, 5) is 4.77. The van der Waals surface area contributed by atoms with Gasteiger partial charge in [0.05, 0.1) is 18.8 Å². The van der Waals surface area contributed by atoms with Gasteiger partial charge < -0.3 is 9.80 Å². The van der Waals surface area contributed by atoms with Gasteiger partial charge in [-0.3, -0.25) is 0 Å². The van der Waals surface area contributed by atoms with Gasteiger partial charge in [0.1, 0.15) is 0 Å². The standard InChI is InChI=1S/C19H22N2/c1-16(18-9-5-3-6-10-18)20-13-14-21(15-20)17(2)19-11-7-4-8-12-19/h3-14,16-17H,15H2,1-2H3/t16-,17-/m1/s1. The molecule has 0 fully saturated rings. The fourth-order valence-corrected chi connectivity index (χ4v) is 2.80. The van der Waals surface area contributed by atoms with E-state index in [1.807, 2.05) is 0 Å². The molecule has 0 spiro atoms. The summed E-state index contributed by atoms with van der Waals surface area (Å²) in [6.45, 7) is 5.46. The summed E-state index contributed by atoms with van der Waals surface area (Å²) >= 11 is 0. The normalized spacial score (nSPS) is 17.0. The summed E-state index contributed by atoms with van der Waals surface area (Å²) in [6, 6.07) is 22.1. The summed E-state index contributed by atoms with van der Waals surface area (Å²) in [7, 11) is 0. The topological polar surface area (TPSA) is 6.48 Å². The highest BCUT2D eigenvalue weighted by molar-refractivity contribution is 5.21. The molecule has 0 amide bonds. The summed E-state index contributed by atoms with van der Waals surface area (Å²) < 4.78 is 0. The van der Waals surface area contributed by atoms with Gasteiger partial charge in [-0.25, -0.2) is 0 Å². The molecule has 2 aromatic rings. The molecule has 2 atom stereocenters. The van der Waals surface area contributed by atoms with E-state index < -0.39 is 0 Å². The van der Waals surface area contributed by atoms with E-state index in [-0.39, 0.29) is 0 Å². The summed E-state index contributed by atoms with van der Waals surface area (Å²) in [5.74, 6) is 0. The average Bonchev–Trinajstić information content (AvgIpc) is 3.05. The van der Waals surface area contributed by atoms with E-state index in [2.05, 4.69) is 96.7 Å². The molecule has 2 aromatic carbocycles. The molecule has 3 rings (SSSR count). The molecule has 1 aliphatic rings. The van der Waals surface area contributed by atoms with Gasteiger partial charge in [-0.2, -0.15) is 0 Å². The molecule has 0 N–H and O–H groups in total. The molecule has 2 heteroatoms. The van der Waals surface area contributed by atoms with E-state index in [9.17, 15) is 0 Å². The Kier molecular flexibility index (Phi) is 3.96. The average molecular weight is 278 g/mol. The fraction of sp³-hybridized carbons (Fsp3) is 0.263. The Morgan fingerprint density at radius 2 is 1.05 bits per heavy atom. The SMILES string of the molecule is C[C@H](c1ccccc1)N1C=CN([C@H](C)c2ccccc2)C1. The number of hydrogen-bond acceptors (Lipinski definition) is 2. The van der Waals surface area contributed by atoms with E-state index in [4.69, 9.17) is 0 Å². The molecule has 0 aliphatic carbocycles. The van der Waals surface area contributed by atoms with Gasteiger partial charge in [0, 0.05) is 12.4 Å². The Bertz CT molecular complexity index is 538. The first-order valence-electron chi connectivity index (χ1n) is 7.55. The molecule has 0 aromatic heterocycles. The molecule has 0 saturated carbocycles. The minimum Gasteiger partial charge on any atom is -0.352 e. The van der Waals surface area contributed by atoms with Gasteiger partial charge in [-0.05, 0) is 25.0 Å². The molecule has 1 heterocycles. The van der Waals surface area contributed by atoms with Gasteiger partial charge in [-0.1, -0.05) is 60.7 Å². The molecule has 0 bridgehead atoms. The van der Waals surface area contributed by atoms with Crippen LogP contribution >= 0.6 is 0 Å². The van der Waals surface area contributed by atoms with Gasteiger partial charge in [0.15, 0.2) is 0 Å². The van der Waals surface area contributed by atoms with Crippen molar-refractivity contribution in [3.8, 4) is 0 Å². The third-order valence-corrected chi connectivity index (χ3v) is 4.34. The molecule has 0 saturated heterocycles. The predicted molar refractivity (Wildman–Crippen MR) is 87.4 cm³/mol. The van der Waals surface area contributed by atoms with Crippen LogP contribution in [0.3, 0.4) is 0 Å². The quantitative estimate of drug-likeness (QED) is 0.809. The summed E-state index contributed by atoms with van der Waals surface area (Å²) in [5, 5.41) is 0. The van der Waals surface area contributed by atoms with Crippen molar-refractivity contribution < 1.29 is 0 Å². The first-order valence-corrected chi connectivity index (χ1v) is 7.55. The second kappa shape index (κ2) is 6.04. The van der Waals surface area contributed by atoms with Crippen LogP contribution in [-0.2, 0) is 0 Å². The number of rotatable bonds is 4. The number of benzene rings is 2. The maximum Gasteiger partial charge on any atom is 0.0905 e. The predicted octanol–water partition coefficient (Wildman–Crippen LogP) is 4.56. The second-order valence-electron chi connectivity index (χ2n) is 5.64. The summed E-state index contributed by atoms with van der Waals surface area (Å²) in [6.07, 6.45) is 4.41. The Balaban J connectivity index is 1.68. The van der Waals surface area contributed by atoms with Crippen molar-refractivity contribution in [3.05, 3.63) is 84.2 Å². The van der Waals surface area contributed by atoms with Crippen LogP contribution in [0, 0.1) is 0 Å². The van der Waals surface area contributed by atoms with Crippen molar-refractivity contribution in [3.63, 3.8) is 0 Å². The van der Waals surface area contributed by atoms with Crippen molar-refractivity contribution in [2.45, 2.75) is 25.9 Å². The molecular formula is C19H22N2. The van der Waals surface area contributed by atoms with Crippen LogP contribution in [0.25, 0.3) is 0 Å². The summed E-state index contributed by atoms with van der Waals surface area (Å²) in [5.41, 5.74) is 2.72. The van der Waals surface area contributed by atoms with Crippen molar-refractivity contribution in [1.29, 1.82) is 0 Å². The highest BCUT2D eigenvalue weighted by atomic mass is 15.4. The molecule has 0 radical (unpaired) electrons. The molecule has 0 unspecified atom stereocenters. The lowest BCUT2D eigenvalue weighted by molar-refractivity contribution is 0.191. The first-order chi connectivity index (χ1) is 10.3. The third kappa shape index (κ3) is 2.94. The van der Waals surface area contributed by atoms with Gasteiger partial charge in [0.2, 0.25) is 0 Å². The Labute approximate surface area is 127 Å². The molecule has 1 aliphatic heterocycles. The molecule has 21 heavy (non-hydrogen) atoms. The van der Waals surface area contributed by atoms with Crippen LogP contribution < -0.4 is 0 Å². The van der Waals surface area contributed by atoms with E-state index in [0.717, 1.165) is 6.67 Å². The second-order valence-corrected chi connectivity index (χ2v) is 5.64. The monoisotopic (exact) mass is 278 g/mol. The minimum atomic E-state index is 0.399. The Morgan fingerprint density at radius 3 is 1.43 bits per heavy atom. The lowest BCUT2D eigenvalue weighted by atomic mass is 10.1. The van der Waals surface area contributed by atoms with Gasteiger partial charge in [-0.15, -0.1) is 0 Å².